The van der Waals surface area contributed by atoms with Crippen LogP contribution in [0.2, 0.25) is 0 Å². The van der Waals surface area contributed by atoms with Crippen LogP contribution in [0.3, 0.4) is 0 Å². The van der Waals surface area contributed by atoms with Crippen LogP contribution in [0.15, 0.2) is 11.8 Å². The van der Waals surface area contributed by atoms with Crippen molar-refractivity contribution in [2.24, 2.45) is 0 Å². The Morgan fingerprint density at radius 2 is 2.20 bits per heavy atom. The van der Waals surface area contributed by atoms with Crippen LogP contribution in [-0.2, 0) is 9.53 Å². The van der Waals surface area contributed by atoms with Gasteiger partial charge in [-0.15, -0.1) is 0 Å². The molecule has 0 aromatic carbocycles. The monoisotopic (exact) mass is 143 g/mol. The predicted octanol–water partition coefficient (Wildman–Crippen LogP) is 0.0667. The molecule has 0 heterocycles. The lowest BCUT2D eigenvalue weighted by Crippen LogP contribution is -2.25. The number of ether oxygens (including phenoxy) is 1. The lowest BCUT2D eigenvalue weighted by molar-refractivity contribution is -0.303. The number of carboxylic acids is 1. The third kappa shape index (κ3) is 3.12. The Bertz CT molecular complexity index is 138. The third-order valence-electron chi connectivity index (χ3n) is 0.891. The van der Waals surface area contributed by atoms with Crippen molar-refractivity contribution in [1.29, 1.82) is 0 Å². The van der Waals surface area contributed by atoms with E-state index in [1.807, 2.05) is 6.92 Å². The van der Waals surface area contributed by atoms with Gasteiger partial charge in [0.1, 0.15) is 11.7 Å². The molecular formula is C7H11O3-. The average molecular weight is 143 g/mol. The van der Waals surface area contributed by atoms with Crippen LogP contribution in [-0.4, -0.2) is 12.6 Å². The summed E-state index contributed by atoms with van der Waals surface area (Å²) in [6.45, 7) is 3.92. The number of aliphatic carboxylic acids is 1. The summed E-state index contributed by atoms with van der Waals surface area (Å²) >= 11 is 0. The molecule has 0 bridgehead atoms. The van der Waals surface area contributed by atoms with E-state index in [0.717, 1.165) is 0 Å². The van der Waals surface area contributed by atoms with Gasteiger partial charge in [0.05, 0.1) is 6.61 Å². The Morgan fingerprint density at radius 3 is 2.50 bits per heavy atom. The molecule has 0 fully saturated rings. The van der Waals surface area contributed by atoms with Gasteiger partial charge in [-0.2, -0.15) is 0 Å². The first-order chi connectivity index (χ1) is 4.72. The number of rotatable bonds is 4. The highest BCUT2D eigenvalue weighted by Gasteiger charge is 1.94. The molecule has 10 heavy (non-hydrogen) atoms. The third-order valence-corrected chi connectivity index (χ3v) is 0.891. The number of carboxylic acid groups (broad SMARTS) is 1. The van der Waals surface area contributed by atoms with Crippen LogP contribution in [0.1, 0.15) is 20.3 Å². The highest BCUT2D eigenvalue weighted by Crippen LogP contribution is 1.96. The van der Waals surface area contributed by atoms with E-state index < -0.39 is 5.97 Å². The van der Waals surface area contributed by atoms with Gasteiger partial charge in [-0.05, 0) is 19.4 Å². The molecule has 0 spiro atoms. The van der Waals surface area contributed by atoms with Crippen molar-refractivity contribution < 1.29 is 14.6 Å². The Balaban J connectivity index is 3.98. The molecule has 0 aromatic rings. The molecular weight excluding hydrogens is 132 g/mol. The van der Waals surface area contributed by atoms with Crippen LogP contribution in [0.25, 0.3) is 0 Å². The first kappa shape index (κ1) is 9.01. The minimum absolute atomic E-state index is 0.0648. The van der Waals surface area contributed by atoms with Gasteiger partial charge >= 0.3 is 0 Å². The molecule has 0 atom stereocenters. The minimum Gasteiger partial charge on any atom is -0.542 e. The Kier molecular flexibility index (Phi) is 4.37. The molecule has 0 N–H and O–H groups in total. The fourth-order valence-corrected chi connectivity index (χ4v) is 0.542. The quantitative estimate of drug-likeness (QED) is 0.413. The SMILES string of the molecule is CC/C=C(\OCC)C(=O)[O-]. The van der Waals surface area contributed by atoms with Crippen molar-refractivity contribution in [2.75, 3.05) is 6.61 Å². The van der Waals surface area contributed by atoms with Crippen molar-refractivity contribution in [3.63, 3.8) is 0 Å². The Labute approximate surface area is 60.3 Å². The molecule has 0 aliphatic heterocycles. The molecule has 0 amide bonds. The van der Waals surface area contributed by atoms with Gasteiger partial charge in [0.25, 0.3) is 0 Å². The van der Waals surface area contributed by atoms with Gasteiger partial charge in [-0.3, -0.25) is 0 Å². The average Bonchev–Trinajstić information content (AvgIpc) is 1.87. The van der Waals surface area contributed by atoms with Crippen molar-refractivity contribution in [3.8, 4) is 0 Å². The minimum atomic E-state index is -1.25. The summed E-state index contributed by atoms with van der Waals surface area (Å²) in [5.74, 6) is -1.31. The van der Waals surface area contributed by atoms with Gasteiger partial charge in [0.15, 0.2) is 0 Å². The first-order valence-electron chi connectivity index (χ1n) is 3.26. The molecule has 0 aliphatic rings. The molecule has 3 nitrogen and oxygen atoms in total. The van der Waals surface area contributed by atoms with E-state index in [1.165, 1.54) is 6.08 Å². The molecule has 0 unspecified atom stereocenters. The van der Waals surface area contributed by atoms with E-state index in [4.69, 9.17) is 4.74 Å². The highest BCUT2D eigenvalue weighted by molar-refractivity contribution is 5.82. The van der Waals surface area contributed by atoms with Gasteiger partial charge in [-0.25, -0.2) is 0 Å². The van der Waals surface area contributed by atoms with E-state index >= 15 is 0 Å². The van der Waals surface area contributed by atoms with E-state index in [9.17, 15) is 9.90 Å². The number of carbonyl (C=O) groups excluding carboxylic acids is 1. The summed E-state index contributed by atoms with van der Waals surface area (Å²) < 4.78 is 4.74. The van der Waals surface area contributed by atoms with E-state index in [0.29, 0.717) is 13.0 Å². The molecule has 0 radical (unpaired) electrons. The Hall–Kier alpha value is -0.990. The van der Waals surface area contributed by atoms with Crippen molar-refractivity contribution >= 4 is 5.97 Å². The Morgan fingerprint density at radius 1 is 1.60 bits per heavy atom. The van der Waals surface area contributed by atoms with E-state index in [1.54, 1.807) is 6.92 Å². The smallest absolute Gasteiger partial charge is 0.137 e. The largest absolute Gasteiger partial charge is 0.542 e. The second-order valence-electron chi connectivity index (χ2n) is 1.70. The number of allylic oxidation sites excluding steroid dienone is 1. The zero-order chi connectivity index (χ0) is 7.98. The summed E-state index contributed by atoms with van der Waals surface area (Å²) in [5.41, 5.74) is 0. The number of carbonyl (C=O) groups is 1. The van der Waals surface area contributed by atoms with Crippen LogP contribution in [0.4, 0.5) is 0 Å². The summed E-state index contributed by atoms with van der Waals surface area (Å²) in [5, 5.41) is 10.2. The van der Waals surface area contributed by atoms with Crippen molar-refractivity contribution in [1.82, 2.24) is 0 Å². The summed E-state index contributed by atoms with van der Waals surface area (Å²) in [6, 6.07) is 0. The molecule has 0 saturated heterocycles. The van der Waals surface area contributed by atoms with Gasteiger partial charge < -0.3 is 14.6 Å². The maximum atomic E-state index is 10.2. The standard InChI is InChI=1S/C7H12O3/c1-3-5-6(7(8)9)10-4-2/h5H,3-4H2,1-2H3,(H,8,9)/p-1/b6-5-. The lowest BCUT2D eigenvalue weighted by atomic mass is 10.4. The fourth-order valence-electron chi connectivity index (χ4n) is 0.542. The second-order valence-corrected chi connectivity index (χ2v) is 1.70. The van der Waals surface area contributed by atoms with Gasteiger partial charge in [-0.1, -0.05) is 6.92 Å². The topological polar surface area (TPSA) is 49.4 Å². The van der Waals surface area contributed by atoms with Crippen LogP contribution in [0.5, 0.6) is 0 Å². The van der Waals surface area contributed by atoms with Gasteiger partial charge in [0.2, 0.25) is 0 Å². The summed E-state index contributed by atoms with van der Waals surface area (Å²) in [4.78, 5) is 10.2. The van der Waals surface area contributed by atoms with Crippen LogP contribution in [0, 0.1) is 0 Å². The second kappa shape index (κ2) is 4.85. The summed E-state index contributed by atoms with van der Waals surface area (Å²) in [7, 11) is 0. The number of hydrogen-bond acceptors (Lipinski definition) is 3. The zero-order valence-electron chi connectivity index (χ0n) is 6.22. The number of hydrogen-bond donors (Lipinski definition) is 0. The molecule has 0 aliphatic carbocycles. The van der Waals surface area contributed by atoms with Crippen molar-refractivity contribution in [2.45, 2.75) is 20.3 Å². The highest BCUT2D eigenvalue weighted by atomic mass is 16.5. The normalized spacial score (nSPS) is 11.2. The maximum Gasteiger partial charge on any atom is 0.137 e. The zero-order valence-corrected chi connectivity index (χ0v) is 6.22. The van der Waals surface area contributed by atoms with Crippen LogP contribution >= 0.6 is 0 Å². The predicted molar refractivity (Wildman–Crippen MR) is 35.0 cm³/mol. The molecule has 0 rings (SSSR count). The van der Waals surface area contributed by atoms with E-state index in [-0.39, 0.29) is 5.76 Å². The summed E-state index contributed by atoms with van der Waals surface area (Å²) in [6.07, 6.45) is 2.13. The maximum absolute atomic E-state index is 10.2. The van der Waals surface area contributed by atoms with Gasteiger partial charge in [0, 0.05) is 0 Å². The first-order valence-corrected chi connectivity index (χ1v) is 3.26. The molecule has 3 heteroatoms. The fraction of sp³-hybridized carbons (Fsp3) is 0.571. The molecule has 0 saturated carbocycles. The molecule has 0 aromatic heterocycles. The lowest BCUT2D eigenvalue weighted by Gasteiger charge is -2.07. The van der Waals surface area contributed by atoms with Crippen LogP contribution < -0.4 is 5.11 Å². The van der Waals surface area contributed by atoms with E-state index in [2.05, 4.69) is 0 Å². The van der Waals surface area contributed by atoms with Crippen molar-refractivity contribution in [3.05, 3.63) is 11.8 Å². The molecule has 58 valence electrons.